The van der Waals surface area contributed by atoms with E-state index in [2.05, 4.69) is 9.97 Å². The molecule has 1 aromatic heterocycles. The Kier molecular flexibility index (Phi) is 3.83. The van der Waals surface area contributed by atoms with E-state index < -0.39 is 11.2 Å². The Morgan fingerprint density at radius 3 is 2.38 bits per heavy atom. The second kappa shape index (κ2) is 5.93. The van der Waals surface area contributed by atoms with E-state index in [4.69, 9.17) is 0 Å². The third kappa shape index (κ3) is 3.03. The summed E-state index contributed by atoms with van der Waals surface area (Å²) < 4.78 is 0. The van der Waals surface area contributed by atoms with E-state index in [9.17, 15) is 9.90 Å². The summed E-state index contributed by atoms with van der Waals surface area (Å²) >= 11 is 1.13. The first-order valence-corrected chi connectivity index (χ1v) is 7.26. The standard InChI is InChI=1S/C16H12N2O2S/c19-16(20)15(11-6-2-1-3-7-11)21-14-10-17-12-8-4-5-9-13(12)18-14/h1-10,15H,(H,19,20)/p-1/t15-/m0/s1. The van der Waals surface area contributed by atoms with Gasteiger partial charge in [0.25, 0.3) is 0 Å². The van der Waals surface area contributed by atoms with Crippen molar-refractivity contribution in [1.29, 1.82) is 0 Å². The zero-order chi connectivity index (χ0) is 14.7. The highest BCUT2D eigenvalue weighted by Crippen LogP contribution is 2.33. The number of aliphatic carboxylic acids is 1. The molecule has 0 fully saturated rings. The van der Waals surface area contributed by atoms with E-state index in [0.29, 0.717) is 10.6 Å². The van der Waals surface area contributed by atoms with Crippen LogP contribution >= 0.6 is 11.8 Å². The summed E-state index contributed by atoms with van der Waals surface area (Å²) in [6, 6.07) is 16.5. The number of benzene rings is 2. The summed E-state index contributed by atoms with van der Waals surface area (Å²) in [5.41, 5.74) is 2.21. The number of rotatable bonds is 4. The van der Waals surface area contributed by atoms with Crippen molar-refractivity contribution in [3.63, 3.8) is 0 Å². The maximum Gasteiger partial charge on any atom is 0.116 e. The fraction of sp³-hybridized carbons (Fsp3) is 0.0625. The van der Waals surface area contributed by atoms with E-state index in [1.807, 2.05) is 30.3 Å². The highest BCUT2D eigenvalue weighted by Gasteiger charge is 2.15. The number of hydrogen-bond donors (Lipinski definition) is 0. The molecule has 1 heterocycles. The zero-order valence-corrected chi connectivity index (χ0v) is 11.8. The van der Waals surface area contributed by atoms with Crippen LogP contribution in [0.2, 0.25) is 0 Å². The van der Waals surface area contributed by atoms with Crippen LogP contribution in [0.25, 0.3) is 11.0 Å². The van der Waals surface area contributed by atoms with Gasteiger partial charge in [0.15, 0.2) is 0 Å². The maximum atomic E-state index is 11.4. The van der Waals surface area contributed by atoms with E-state index in [-0.39, 0.29) is 0 Å². The molecule has 0 aliphatic carbocycles. The van der Waals surface area contributed by atoms with Gasteiger partial charge in [0.2, 0.25) is 0 Å². The predicted molar refractivity (Wildman–Crippen MR) is 79.6 cm³/mol. The molecule has 0 amide bonds. The Morgan fingerprint density at radius 1 is 1.00 bits per heavy atom. The number of fused-ring (bicyclic) bond motifs is 1. The molecule has 104 valence electrons. The molecule has 0 radical (unpaired) electrons. The lowest BCUT2D eigenvalue weighted by Crippen LogP contribution is -2.28. The lowest BCUT2D eigenvalue weighted by Gasteiger charge is -2.17. The first kappa shape index (κ1) is 13.6. The minimum Gasteiger partial charge on any atom is -0.549 e. The summed E-state index contributed by atoms with van der Waals surface area (Å²) in [6.07, 6.45) is 1.59. The molecule has 21 heavy (non-hydrogen) atoms. The number of hydrogen-bond acceptors (Lipinski definition) is 5. The molecular weight excluding hydrogens is 284 g/mol. The van der Waals surface area contributed by atoms with Gasteiger partial charge in [0.05, 0.1) is 28.4 Å². The summed E-state index contributed by atoms with van der Waals surface area (Å²) in [7, 11) is 0. The zero-order valence-electron chi connectivity index (χ0n) is 11.0. The van der Waals surface area contributed by atoms with Gasteiger partial charge in [-0.05, 0) is 17.7 Å². The van der Waals surface area contributed by atoms with E-state index in [1.165, 1.54) is 0 Å². The Bertz CT molecular complexity index is 777. The quantitative estimate of drug-likeness (QED) is 0.690. The van der Waals surface area contributed by atoms with Crippen LogP contribution in [0.1, 0.15) is 10.8 Å². The van der Waals surface area contributed by atoms with Gasteiger partial charge in [-0.2, -0.15) is 0 Å². The van der Waals surface area contributed by atoms with Crippen molar-refractivity contribution in [2.24, 2.45) is 0 Å². The smallest absolute Gasteiger partial charge is 0.116 e. The van der Waals surface area contributed by atoms with Crippen molar-refractivity contribution < 1.29 is 9.90 Å². The summed E-state index contributed by atoms with van der Waals surface area (Å²) in [6.45, 7) is 0. The van der Waals surface area contributed by atoms with Gasteiger partial charge in [-0.1, -0.05) is 54.2 Å². The van der Waals surface area contributed by atoms with Crippen LogP contribution < -0.4 is 5.11 Å². The topological polar surface area (TPSA) is 65.9 Å². The van der Waals surface area contributed by atoms with Gasteiger partial charge in [-0.15, -0.1) is 0 Å². The maximum absolute atomic E-state index is 11.4. The summed E-state index contributed by atoms with van der Waals surface area (Å²) in [5, 5.41) is 11.1. The molecule has 0 spiro atoms. The number of carboxylic acid groups (broad SMARTS) is 1. The second-order valence-corrected chi connectivity index (χ2v) is 5.55. The Labute approximate surface area is 125 Å². The van der Waals surface area contributed by atoms with Crippen LogP contribution in [0.15, 0.2) is 65.8 Å². The molecule has 2 aromatic carbocycles. The number of para-hydroxylation sites is 2. The fourth-order valence-electron chi connectivity index (χ4n) is 2.00. The molecule has 3 aromatic rings. The second-order valence-electron chi connectivity index (χ2n) is 4.42. The fourth-order valence-corrected chi connectivity index (χ4v) is 2.89. The monoisotopic (exact) mass is 295 g/mol. The number of carbonyl (C=O) groups excluding carboxylic acids is 1. The number of carboxylic acids is 1. The molecule has 0 bridgehead atoms. The molecule has 1 atom stereocenters. The molecular formula is C16H11N2O2S-. The van der Waals surface area contributed by atoms with Crippen molar-refractivity contribution in [3.8, 4) is 0 Å². The van der Waals surface area contributed by atoms with Crippen molar-refractivity contribution in [2.45, 2.75) is 10.3 Å². The van der Waals surface area contributed by atoms with Gasteiger partial charge in [0, 0.05) is 0 Å². The Morgan fingerprint density at radius 2 is 1.67 bits per heavy atom. The minimum absolute atomic E-state index is 0.562. The van der Waals surface area contributed by atoms with Crippen LogP contribution in [0, 0.1) is 0 Å². The van der Waals surface area contributed by atoms with Crippen molar-refractivity contribution >= 4 is 28.8 Å². The Hall–Kier alpha value is -2.40. The molecule has 5 heteroatoms. The third-order valence-electron chi connectivity index (χ3n) is 2.98. The van der Waals surface area contributed by atoms with Gasteiger partial charge < -0.3 is 9.90 Å². The van der Waals surface area contributed by atoms with Gasteiger partial charge in [-0.3, -0.25) is 4.98 Å². The average molecular weight is 295 g/mol. The van der Waals surface area contributed by atoms with E-state index in [1.54, 1.807) is 30.5 Å². The van der Waals surface area contributed by atoms with Crippen LogP contribution in [0.5, 0.6) is 0 Å². The molecule has 0 aliphatic heterocycles. The van der Waals surface area contributed by atoms with Crippen molar-refractivity contribution in [2.75, 3.05) is 0 Å². The molecule has 3 rings (SSSR count). The largest absolute Gasteiger partial charge is 0.549 e. The van der Waals surface area contributed by atoms with Crippen LogP contribution in [0.3, 0.4) is 0 Å². The molecule has 0 aliphatic rings. The Balaban J connectivity index is 1.93. The summed E-state index contributed by atoms with van der Waals surface area (Å²) in [4.78, 5) is 20.1. The van der Waals surface area contributed by atoms with E-state index >= 15 is 0 Å². The minimum atomic E-state index is -1.14. The highest BCUT2D eigenvalue weighted by molar-refractivity contribution is 8.00. The van der Waals surface area contributed by atoms with Crippen LogP contribution in [0.4, 0.5) is 0 Å². The van der Waals surface area contributed by atoms with Gasteiger partial charge >= 0.3 is 0 Å². The first-order valence-electron chi connectivity index (χ1n) is 6.38. The van der Waals surface area contributed by atoms with Gasteiger partial charge in [0.1, 0.15) is 5.03 Å². The van der Waals surface area contributed by atoms with Crippen LogP contribution in [-0.4, -0.2) is 15.9 Å². The molecule has 0 saturated heterocycles. The molecule has 0 unspecified atom stereocenters. The predicted octanol–water partition coefficient (Wildman–Crippen LogP) is 2.21. The van der Waals surface area contributed by atoms with Crippen molar-refractivity contribution in [3.05, 3.63) is 66.4 Å². The lowest BCUT2D eigenvalue weighted by molar-refractivity contribution is -0.305. The normalized spacial score (nSPS) is 12.2. The summed E-state index contributed by atoms with van der Waals surface area (Å²) in [5.74, 6) is -1.14. The number of thioether (sulfide) groups is 1. The SMILES string of the molecule is O=C([O-])[C@@H](Sc1cnc2ccccc2n1)c1ccccc1. The lowest BCUT2D eigenvalue weighted by atomic mass is 10.1. The van der Waals surface area contributed by atoms with Crippen molar-refractivity contribution in [1.82, 2.24) is 9.97 Å². The third-order valence-corrected chi connectivity index (χ3v) is 4.12. The number of carbonyl (C=O) groups is 1. The average Bonchev–Trinajstić information content (AvgIpc) is 2.53. The number of aromatic nitrogens is 2. The first-order chi connectivity index (χ1) is 10.2. The van der Waals surface area contributed by atoms with Gasteiger partial charge in [-0.25, -0.2) is 4.98 Å². The van der Waals surface area contributed by atoms with Crippen LogP contribution in [-0.2, 0) is 4.79 Å². The number of nitrogens with zero attached hydrogens (tertiary/aromatic N) is 2. The highest BCUT2D eigenvalue weighted by atomic mass is 32.2. The molecule has 0 N–H and O–H groups in total. The molecule has 0 saturated carbocycles. The molecule has 4 nitrogen and oxygen atoms in total. The van der Waals surface area contributed by atoms with E-state index in [0.717, 1.165) is 22.8 Å².